The van der Waals surface area contributed by atoms with Gasteiger partial charge in [0.05, 0.1) is 6.26 Å². The Morgan fingerprint density at radius 2 is 2.14 bits per heavy atom. The molecule has 0 aliphatic carbocycles. The molecule has 1 aliphatic heterocycles. The smallest absolute Gasteiger partial charge is 0.211 e. The van der Waals surface area contributed by atoms with E-state index in [2.05, 4.69) is 32.5 Å². The highest BCUT2D eigenvalue weighted by atomic mass is 32.2. The predicted molar refractivity (Wildman–Crippen MR) is 91.7 cm³/mol. The number of sulfonamides is 1. The first-order valence-electron chi connectivity index (χ1n) is 7.39. The summed E-state index contributed by atoms with van der Waals surface area (Å²) in [7, 11) is -1.28. The number of nitrogens with zero attached hydrogens (tertiary/aromatic N) is 2. The zero-order valence-electron chi connectivity index (χ0n) is 13.1. The van der Waals surface area contributed by atoms with Gasteiger partial charge in [0.2, 0.25) is 10.0 Å². The van der Waals surface area contributed by atoms with Gasteiger partial charge in [-0.25, -0.2) is 12.7 Å². The Balaban J connectivity index is 1.71. The molecule has 0 unspecified atom stereocenters. The zero-order valence-corrected chi connectivity index (χ0v) is 14.7. The Hall–Kier alpha value is -1.12. The van der Waals surface area contributed by atoms with Crippen LogP contribution < -0.4 is 10.6 Å². The maximum absolute atomic E-state index is 11.5. The van der Waals surface area contributed by atoms with E-state index in [0.717, 1.165) is 31.9 Å². The molecule has 1 saturated heterocycles. The Morgan fingerprint density at radius 3 is 2.68 bits per heavy atom. The highest BCUT2D eigenvalue weighted by Gasteiger charge is 2.24. The summed E-state index contributed by atoms with van der Waals surface area (Å²) in [5, 5.41) is 10.8. The van der Waals surface area contributed by atoms with Crippen LogP contribution in [0, 0.1) is 5.92 Å². The average Bonchev–Trinajstić information content (AvgIpc) is 3.00. The van der Waals surface area contributed by atoms with Crippen molar-refractivity contribution in [2.45, 2.75) is 19.4 Å². The van der Waals surface area contributed by atoms with Crippen molar-refractivity contribution in [3.63, 3.8) is 0 Å². The molecule has 0 bridgehead atoms. The molecular formula is C14H24N4O2S2. The van der Waals surface area contributed by atoms with Gasteiger partial charge in [0.15, 0.2) is 5.96 Å². The fraction of sp³-hybridized carbons (Fsp3) is 0.643. The van der Waals surface area contributed by atoms with Crippen LogP contribution in [0.15, 0.2) is 21.8 Å². The maximum Gasteiger partial charge on any atom is 0.211 e. The highest BCUT2D eigenvalue weighted by Crippen LogP contribution is 2.18. The number of rotatable bonds is 5. The van der Waals surface area contributed by atoms with Crippen molar-refractivity contribution in [1.82, 2.24) is 14.9 Å². The summed E-state index contributed by atoms with van der Waals surface area (Å²) < 4.78 is 24.5. The van der Waals surface area contributed by atoms with Crippen LogP contribution in [0.5, 0.6) is 0 Å². The lowest BCUT2D eigenvalue weighted by molar-refractivity contribution is 0.275. The molecule has 0 atom stereocenters. The van der Waals surface area contributed by atoms with Gasteiger partial charge in [-0.05, 0) is 41.1 Å². The topological polar surface area (TPSA) is 73.8 Å². The molecule has 0 spiro atoms. The summed E-state index contributed by atoms with van der Waals surface area (Å²) in [4.78, 5) is 4.22. The number of piperidine rings is 1. The predicted octanol–water partition coefficient (Wildman–Crippen LogP) is 1.08. The van der Waals surface area contributed by atoms with E-state index in [1.807, 2.05) is 0 Å². The van der Waals surface area contributed by atoms with Gasteiger partial charge in [-0.1, -0.05) is 0 Å². The maximum atomic E-state index is 11.5. The van der Waals surface area contributed by atoms with Gasteiger partial charge in [-0.15, -0.1) is 0 Å². The molecular weight excluding hydrogens is 320 g/mol. The van der Waals surface area contributed by atoms with Gasteiger partial charge in [-0.3, -0.25) is 4.99 Å². The second-order valence-electron chi connectivity index (χ2n) is 5.54. The van der Waals surface area contributed by atoms with E-state index in [0.29, 0.717) is 19.0 Å². The molecule has 124 valence electrons. The fourth-order valence-corrected chi connectivity index (χ4v) is 4.03. The second kappa shape index (κ2) is 7.94. The van der Waals surface area contributed by atoms with E-state index in [1.54, 1.807) is 22.7 Å². The van der Waals surface area contributed by atoms with Crippen LogP contribution in [0.3, 0.4) is 0 Å². The summed E-state index contributed by atoms with van der Waals surface area (Å²) >= 11 is 1.68. The molecule has 6 nitrogen and oxygen atoms in total. The third-order valence-corrected chi connectivity index (χ3v) is 5.90. The third-order valence-electron chi connectivity index (χ3n) is 3.86. The standard InChI is InChI=1S/C14H24N4O2S2/c1-15-14(17-10-13-5-8-21-11-13)16-9-12-3-6-18(7-4-12)22(2,19)20/h5,8,11-12H,3-4,6-7,9-10H2,1-2H3,(H2,15,16,17). The van der Waals surface area contributed by atoms with Gasteiger partial charge in [-0.2, -0.15) is 11.3 Å². The molecule has 2 heterocycles. The van der Waals surface area contributed by atoms with Gasteiger partial charge in [0, 0.05) is 33.2 Å². The number of guanidine groups is 1. The summed E-state index contributed by atoms with van der Waals surface area (Å²) in [6.45, 7) is 2.81. The SMILES string of the molecule is CN=C(NCc1ccsc1)NCC1CCN(S(C)(=O)=O)CC1. The lowest BCUT2D eigenvalue weighted by Gasteiger charge is -2.30. The molecule has 1 fully saturated rings. The first kappa shape index (κ1) is 17.2. The summed E-state index contributed by atoms with van der Waals surface area (Å²) in [5.41, 5.74) is 1.24. The fourth-order valence-electron chi connectivity index (χ4n) is 2.49. The molecule has 0 amide bonds. The second-order valence-corrected chi connectivity index (χ2v) is 8.31. The van der Waals surface area contributed by atoms with Crippen LogP contribution in [-0.2, 0) is 16.6 Å². The van der Waals surface area contributed by atoms with Crippen molar-refractivity contribution in [2.75, 3.05) is 32.9 Å². The zero-order chi connectivity index (χ0) is 16.0. The number of aliphatic imine (C=N–C) groups is 1. The normalized spacial score (nSPS) is 18.4. The minimum absolute atomic E-state index is 0.484. The van der Waals surface area contributed by atoms with E-state index < -0.39 is 10.0 Å². The quantitative estimate of drug-likeness (QED) is 0.619. The first-order valence-corrected chi connectivity index (χ1v) is 10.2. The lowest BCUT2D eigenvalue weighted by atomic mass is 9.98. The molecule has 0 aromatic carbocycles. The number of hydrogen-bond donors (Lipinski definition) is 2. The molecule has 22 heavy (non-hydrogen) atoms. The van der Waals surface area contributed by atoms with Gasteiger partial charge >= 0.3 is 0 Å². The Kier molecular flexibility index (Phi) is 6.22. The van der Waals surface area contributed by atoms with Crippen LogP contribution >= 0.6 is 11.3 Å². The monoisotopic (exact) mass is 344 g/mol. The van der Waals surface area contributed by atoms with Crippen molar-refractivity contribution in [3.8, 4) is 0 Å². The molecule has 1 aromatic rings. The lowest BCUT2D eigenvalue weighted by Crippen LogP contribution is -2.43. The van der Waals surface area contributed by atoms with Crippen LogP contribution in [0.1, 0.15) is 18.4 Å². The number of thiophene rings is 1. The summed E-state index contributed by atoms with van der Waals surface area (Å²) in [6.07, 6.45) is 3.06. The van der Waals surface area contributed by atoms with Gasteiger partial charge in [0.1, 0.15) is 0 Å². The summed E-state index contributed by atoms with van der Waals surface area (Å²) in [5.74, 6) is 1.27. The molecule has 2 rings (SSSR count). The molecule has 2 N–H and O–H groups in total. The van der Waals surface area contributed by atoms with E-state index in [-0.39, 0.29) is 0 Å². The van der Waals surface area contributed by atoms with Crippen LogP contribution in [0.25, 0.3) is 0 Å². The Bertz CT molecular complexity index is 576. The van der Waals surface area contributed by atoms with Gasteiger partial charge in [0.25, 0.3) is 0 Å². The van der Waals surface area contributed by atoms with Crippen molar-refractivity contribution >= 4 is 27.3 Å². The third kappa shape index (κ3) is 5.26. The Labute approximate surface area is 136 Å². The minimum Gasteiger partial charge on any atom is -0.356 e. The first-order chi connectivity index (χ1) is 10.5. The van der Waals surface area contributed by atoms with Crippen LogP contribution in [-0.4, -0.2) is 51.6 Å². The van der Waals surface area contributed by atoms with Crippen molar-refractivity contribution < 1.29 is 8.42 Å². The molecule has 1 aliphatic rings. The van der Waals surface area contributed by atoms with Crippen molar-refractivity contribution in [1.29, 1.82) is 0 Å². The van der Waals surface area contributed by atoms with Crippen molar-refractivity contribution in [3.05, 3.63) is 22.4 Å². The molecule has 0 radical (unpaired) electrons. The van der Waals surface area contributed by atoms with E-state index >= 15 is 0 Å². The highest BCUT2D eigenvalue weighted by molar-refractivity contribution is 7.88. The van der Waals surface area contributed by atoms with Crippen molar-refractivity contribution in [2.24, 2.45) is 10.9 Å². The van der Waals surface area contributed by atoms with Gasteiger partial charge < -0.3 is 10.6 Å². The largest absolute Gasteiger partial charge is 0.356 e. The van der Waals surface area contributed by atoms with E-state index in [9.17, 15) is 8.42 Å². The number of nitrogens with one attached hydrogen (secondary N) is 2. The summed E-state index contributed by atoms with van der Waals surface area (Å²) in [6, 6.07) is 2.09. The average molecular weight is 345 g/mol. The van der Waals surface area contributed by atoms with E-state index in [4.69, 9.17) is 0 Å². The molecule has 8 heteroatoms. The Morgan fingerprint density at radius 1 is 1.41 bits per heavy atom. The molecule has 1 aromatic heterocycles. The van der Waals surface area contributed by atoms with Crippen LogP contribution in [0.4, 0.5) is 0 Å². The van der Waals surface area contributed by atoms with Crippen LogP contribution in [0.2, 0.25) is 0 Å². The molecule has 0 saturated carbocycles. The van der Waals surface area contributed by atoms with E-state index in [1.165, 1.54) is 11.8 Å². The number of hydrogen-bond acceptors (Lipinski definition) is 4. The minimum atomic E-state index is -3.04.